The lowest BCUT2D eigenvalue weighted by Gasteiger charge is -2.34. The Hall–Kier alpha value is -2.71. The third kappa shape index (κ3) is 5.03. The zero-order valence-corrected chi connectivity index (χ0v) is 22.0. The Morgan fingerprint density at radius 1 is 1.09 bits per heavy atom. The number of benzene rings is 2. The van der Waals surface area contributed by atoms with Gasteiger partial charge in [-0.15, -0.1) is 0 Å². The first kappa shape index (κ1) is 24.4. The largest absolute Gasteiger partial charge is 0.490 e. The van der Waals surface area contributed by atoms with Gasteiger partial charge >= 0.3 is 5.97 Å². The molecule has 178 valence electrons. The second kappa shape index (κ2) is 10.7. The molecule has 0 aliphatic carbocycles. The lowest BCUT2D eigenvalue weighted by atomic mass is 9.94. The van der Waals surface area contributed by atoms with Crippen molar-refractivity contribution in [1.29, 1.82) is 0 Å². The Labute approximate surface area is 212 Å². The number of amidine groups is 1. The number of halogens is 1. The quantitative estimate of drug-likeness (QED) is 0.354. The number of thioether (sulfide) groups is 1. The third-order valence-electron chi connectivity index (χ3n) is 5.49. The Morgan fingerprint density at radius 2 is 1.82 bits per heavy atom. The molecule has 34 heavy (non-hydrogen) atoms. The molecular weight excluding hydrogens is 516 g/mol. The van der Waals surface area contributed by atoms with Gasteiger partial charge in [-0.3, -0.25) is 0 Å². The fourth-order valence-corrected chi connectivity index (χ4v) is 5.19. The highest BCUT2D eigenvalue weighted by atomic mass is 79.9. The first-order valence-corrected chi connectivity index (χ1v) is 12.8. The average molecular weight is 543 g/mol. The van der Waals surface area contributed by atoms with E-state index < -0.39 is 6.04 Å². The number of nitrogens with zero attached hydrogens (tertiary/aromatic N) is 2. The highest BCUT2D eigenvalue weighted by Crippen LogP contribution is 2.46. The molecule has 0 N–H and O–H groups in total. The Balaban J connectivity index is 1.73. The summed E-state index contributed by atoms with van der Waals surface area (Å²) < 4.78 is 18.3. The van der Waals surface area contributed by atoms with Gasteiger partial charge < -0.3 is 19.1 Å². The van der Waals surface area contributed by atoms with E-state index in [2.05, 4.69) is 52.1 Å². The number of aliphatic imine (C=N–C) groups is 1. The minimum Gasteiger partial charge on any atom is -0.490 e. The summed E-state index contributed by atoms with van der Waals surface area (Å²) in [6.07, 6.45) is 1.94. The zero-order chi connectivity index (χ0) is 24.2. The van der Waals surface area contributed by atoms with E-state index in [1.165, 1.54) is 17.3 Å². The SMILES string of the molecule is CCOC(=O)C1=C(C)N=C2SC=CN2[C@H]1c1cc(OCC)c(OCc2ccc(C)cc2)cc1Br. The van der Waals surface area contributed by atoms with E-state index >= 15 is 0 Å². The molecule has 0 bridgehead atoms. The van der Waals surface area contributed by atoms with Crippen LogP contribution in [0.25, 0.3) is 0 Å². The van der Waals surface area contributed by atoms with E-state index in [0.29, 0.717) is 42.6 Å². The van der Waals surface area contributed by atoms with Gasteiger partial charge in [0.05, 0.1) is 30.5 Å². The number of carbonyl (C=O) groups excluding carboxylic acids is 1. The van der Waals surface area contributed by atoms with Crippen molar-refractivity contribution in [3.63, 3.8) is 0 Å². The Bertz CT molecular complexity index is 1170. The van der Waals surface area contributed by atoms with Crippen molar-refractivity contribution in [1.82, 2.24) is 4.90 Å². The molecule has 0 unspecified atom stereocenters. The Morgan fingerprint density at radius 3 is 2.53 bits per heavy atom. The van der Waals surface area contributed by atoms with Gasteiger partial charge in [0.2, 0.25) is 0 Å². The molecule has 0 amide bonds. The van der Waals surface area contributed by atoms with Gasteiger partial charge in [0.15, 0.2) is 16.7 Å². The van der Waals surface area contributed by atoms with E-state index in [4.69, 9.17) is 14.2 Å². The fraction of sp³-hybridized carbons (Fsp3) is 0.308. The molecule has 1 atom stereocenters. The molecule has 2 aromatic rings. The van der Waals surface area contributed by atoms with Gasteiger partial charge in [-0.05, 0) is 56.4 Å². The van der Waals surface area contributed by atoms with Gasteiger partial charge in [0.25, 0.3) is 0 Å². The minimum atomic E-state index is -0.405. The molecule has 2 aliphatic rings. The summed E-state index contributed by atoms with van der Waals surface area (Å²) >= 11 is 5.25. The molecule has 4 rings (SSSR count). The smallest absolute Gasteiger partial charge is 0.338 e. The third-order valence-corrected chi connectivity index (χ3v) is 6.95. The van der Waals surface area contributed by atoms with Crippen LogP contribution in [-0.4, -0.2) is 29.3 Å². The van der Waals surface area contributed by atoms with Crippen LogP contribution < -0.4 is 9.47 Å². The molecule has 2 heterocycles. The van der Waals surface area contributed by atoms with E-state index in [1.54, 1.807) is 6.92 Å². The molecule has 0 fully saturated rings. The van der Waals surface area contributed by atoms with E-state index in [-0.39, 0.29) is 5.97 Å². The maximum atomic E-state index is 13.0. The van der Waals surface area contributed by atoms with Crippen molar-refractivity contribution in [3.8, 4) is 11.5 Å². The number of hydrogen-bond donors (Lipinski definition) is 0. The standard InChI is InChI=1S/C26H27BrN2O4S/c1-5-31-21-13-19(20(27)14-22(21)33-15-18-9-7-16(3)8-10-18)24-23(25(30)32-6-2)17(4)28-26-29(24)11-12-34-26/h7-14,24H,5-6,15H2,1-4H3/t24-/m0/s1. The van der Waals surface area contributed by atoms with Crippen LogP contribution >= 0.6 is 27.7 Å². The topological polar surface area (TPSA) is 60.4 Å². The molecule has 6 nitrogen and oxygen atoms in total. The summed E-state index contributed by atoms with van der Waals surface area (Å²) in [6, 6.07) is 11.7. The van der Waals surface area contributed by atoms with Gasteiger partial charge in [0.1, 0.15) is 6.61 Å². The van der Waals surface area contributed by atoms with Crippen LogP contribution in [0, 0.1) is 6.92 Å². The number of hydrogen-bond acceptors (Lipinski definition) is 7. The molecule has 2 aliphatic heterocycles. The molecule has 8 heteroatoms. The van der Waals surface area contributed by atoms with Gasteiger partial charge in [-0.2, -0.15) is 0 Å². The summed E-state index contributed by atoms with van der Waals surface area (Å²) in [7, 11) is 0. The second-order valence-electron chi connectivity index (χ2n) is 7.85. The number of carbonyl (C=O) groups is 1. The number of ether oxygens (including phenoxy) is 3. The van der Waals surface area contributed by atoms with Crippen molar-refractivity contribution in [2.24, 2.45) is 4.99 Å². The Kier molecular flexibility index (Phi) is 7.68. The summed E-state index contributed by atoms with van der Waals surface area (Å²) in [5.74, 6) is 0.878. The summed E-state index contributed by atoms with van der Waals surface area (Å²) in [5.41, 5.74) is 4.30. The van der Waals surface area contributed by atoms with E-state index in [1.807, 2.05) is 42.5 Å². The molecule has 0 radical (unpaired) electrons. The number of rotatable bonds is 8. The van der Waals surface area contributed by atoms with Crippen LogP contribution in [0.1, 0.15) is 43.5 Å². The van der Waals surface area contributed by atoms with Crippen molar-refractivity contribution < 1.29 is 19.0 Å². The number of esters is 1. The van der Waals surface area contributed by atoms with Crippen LogP contribution in [0.3, 0.4) is 0 Å². The number of allylic oxidation sites excluding steroid dienone is 1. The van der Waals surface area contributed by atoms with Crippen LogP contribution in [0.15, 0.2) is 68.7 Å². The predicted molar refractivity (Wildman–Crippen MR) is 139 cm³/mol. The number of aryl methyl sites for hydroxylation is 1. The van der Waals surface area contributed by atoms with E-state index in [9.17, 15) is 4.79 Å². The lowest BCUT2D eigenvalue weighted by molar-refractivity contribution is -0.139. The fourth-order valence-electron chi connectivity index (χ4n) is 3.86. The van der Waals surface area contributed by atoms with Crippen molar-refractivity contribution >= 4 is 38.8 Å². The molecule has 0 saturated carbocycles. The molecule has 0 aromatic heterocycles. The molecule has 2 aromatic carbocycles. The van der Waals surface area contributed by atoms with Crippen molar-refractivity contribution in [3.05, 3.63) is 80.4 Å². The highest BCUT2D eigenvalue weighted by Gasteiger charge is 2.39. The van der Waals surface area contributed by atoms with Crippen molar-refractivity contribution in [2.75, 3.05) is 13.2 Å². The molecular formula is C26H27BrN2O4S. The lowest BCUT2D eigenvalue weighted by Crippen LogP contribution is -2.34. The molecule has 0 spiro atoms. The van der Waals surface area contributed by atoms with E-state index in [0.717, 1.165) is 20.8 Å². The normalized spacial score (nSPS) is 16.9. The first-order chi connectivity index (χ1) is 16.4. The maximum absolute atomic E-state index is 13.0. The van der Waals surface area contributed by atoms with Gasteiger partial charge in [-0.25, -0.2) is 9.79 Å². The van der Waals surface area contributed by atoms with Gasteiger partial charge in [-0.1, -0.05) is 57.5 Å². The first-order valence-electron chi connectivity index (χ1n) is 11.2. The summed E-state index contributed by atoms with van der Waals surface area (Å²) in [5, 5.41) is 2.78. The monoisotopic (exact) mass is 542 g/mol. The number of fused-ring (bicyclic) bond motifs is 1. The zero-order valence-electron chi connectivity index (χ0n) is 19.6. The van der Waals surface area contributed by atoms with Crippen LogP contribution in [0.2, 0.25) is 0 Å². The van der Waals surface area contributed by atoms with Crippen LogP contribution in [0.5, 0.6) is 11.5 Å². The average Bonchev–Trinajstić information content (AvgIpc) is 3.27. The van der Waals surface area contributed by atoms with Crippen molar-refractivity contribution in [2.45, 2.75) is 40.3 Å². The molecule has 0 saturated heterocycles. The van der Waals surface area contributed by atoms with Crippen LogP contribution in [0.4, 0.5) is 0 Å². The predicted octanol–water partition coefficient (Wildman–Crippen LogP) is 6.50. The minimum absolute atomic E-state index is 0.292. The summed E-state index contributed by atoms with van der Waals surface area (Å²) in [4.78, 5) is 19.6. The van der Waals surface area contributed by atoms with Crippen LogP contribution in [-0.2, 0) is 16.1 Å². The summed E-state index contributed by atoms with van der Waals surface area (Å²) in [6.45, 7) is 8.84. The second-order valence-corrected chi connectivity index (χ2v) is 9.58. The highest BCUT2D eigenvalue weighted by molar-refractivity contribution is 9.10. The maximum Gasteiger partial charge on any atom is 0.338 e. The van der Waals surface area contributed by atoms with Gasteiger partial charge in [0, 0.05) is 10.7 Å².